The lowest BCUT2D eigenvalue weighted by Crippen LogP contribution is -2.07. The topological polar surface area (TPSA) is 14.2 Å². The Morgan fingerprint density at radius 1 is 1.25 bits per heavy atom. The number of para-hydroxylation sites is 1. The van der Waals surface area contributed by atoms with Gasteiger partial charge in [0.15, 0.2) is 0 Å². The third kappa shape index (κ3) is 1.63. The molecule has 20 heavy (non-hydrogen) atoms. The first-order valence-electron chi connectivity index (χ1n) is 6.85. The number of aromatic nitrogens is 1. The van der Waals surface area contributed by atoms with Crippen molar-refractivity contribution in [2.75, 3.05) is 0 Å². The van der Waals surface area contributed by atoms with E-state index in [1.54, 1.807) is 11.3 Å². The quantitative estimate of drug-likeness (QED) is 0.658. The van der Waals surface area contributed by atoms with Crippen LogP contribution in [0, 0.1) is 0 Å². The maximum Gasteiger partial charge on any atom is 0.129 e. The van der Waals surface area contributed by atoms with Crippen molar-refractivity contribution in [3.63, 3.8) is 0 Å². The summed E-state index contributed by atoms with van der Waals surface area (Å²) in [4.78, 5) is 0. The molecule has 0 radical (unpaired) electrons. The molecule has 0 amide bonds. The molecule has 1 aromatic carbocycles. The average molecular weight is 281 g/mol. The smallest absolute Gasteiger partial charge is 0.129 e. The Bertz CT molecular complexity index is 755. The molecule has 1 aliphatic rings. The van der Waals surface area contributed by atoms with Crippen LogP contribution in [0.25, 0.3) is 22.5 Å². The number of fused-ring (bicyclic) bond motifs is 3. The third-order valence-corrected chi connectivity index (χ3v) is 4.52. The molecule has 0 atom stereocenters. The standard InChI is InChI=1S/C17H15NOS/c1-2-18-15(12-7-8-20-11-12)9-13-10-19-16-6-4-3-5-14(16)17(13)18/h3-9,11H,2,10H2,1H3. The van der Waals surface area contributed by atoms with Gasteiger partial charge in [-0.2, -0.15) is 11.3 Å². The second kappa shape index (κ2) is 4.53. The maximum atomic E-state index is 5.87. The molecule has 0 aliphatic carbocycles. The predicted octanol–water partition coefficient (Wildman–Crippen LogP) is 4.80. The minimum atomic E-state index is 0.663. The van der Waals surface area contributed by atoms with Gasteiger partial charge < -0.3 is 9.30 Å². The molecule has 0 N–H and O–H groups in total. The highest BCUT2D eigenvalue weighted by Gasteiger charge is 2.23. The SMILES string of the molecule is CCn1c(-c2ccsc2)cc2c1-c1ccccc1OC2. The van der Waals surface area contributed by atoms with Gasteiger partial charge in [-0.1, -0.05) is 12.1 Å². The summed E-state index contributed by atoms with van der Waals surface area (Å²) in [6, 6.07) is 12.8. The van der Waals surface area contributed by atoms with Gasteiger partial charge in [0.25, 0.3) is 0 Å². The molecule has 3 heteroatoms. The van der Waals surface area contributed by atoms with Crippen LogP contribution in [0.3, 0.4) is 0 Å². The molecular weight excluding hydrogens is 266 g/mol. The Labute approximate surface area is 122 Å². The van der Waals surface area contributed by atoms with Crippen molar-refractivity contribution >= 4 is 11.3 Å². The first-order chi connectivity index (χ1) is 9.88. The summed E-state index contributed by atoms with van der Waals surface area (Å²) in [5, 5.41) is 4.34. The van der Waals surface area contributed by atoms with Gasteiger partial charge in [0.1, 0.15) is 12.4 Å². The number of rotatable bonds is 2. The molecule has 4 rings (SSSR count). The molecule has 100 valence electrons. The first kappa shape index (κ1) is 11.8. The normalized spacial score (nSPS) is 12.7. The Balaban J connectivity index is 1.99. The molecule has 3 aromatic rings. The molecule has 3 heterocycles. The van der Waals surface area contributed by atoms with Gasteiger partial charge in [-0.05, 0) is 36.6 Å². The summed E-state index contributed by atoms with van der Waals surface area (Å²) in [6.07, 6.45) is 0. The van der Waals surface area contributed by atoms with Crippen molar-refractivity contribution < 1.29 is 4.74 Å². The first-order valence-corrected chi connectivity index (χ1v) is 7.80. The highest BCUT2D eigenvalue weighted by Crippen LogP contribution is 2.41. The fraction of sp³-hybridized carbons (Fsp3) is 0.176. The fourth-order valence-electron chi connectivity index (χ4n) is 2.95. The van der Waals surface area contributed by atoms with Crippen molar-refractivity contribution in [1.82, 2.24) is 4.57 Å². The van der Waals surface area contributed by atoms with E-state index in [0.717, 1.165) is 12.3 Å². The number of ether oxygens (including phenoxy) is 1. The van der Waals surface area contributed by atoms with E-state index in [2.05, 4.69) is 52.6 Å². The summed E-state index contributed by atoms with van der Waals surface area (Å²) in [6.45, 7) is 3.83. The van der Waals surface area contributed by atoms with Crippen molar-refractivity contribution in [2.45, 2.75) is 20.1 Å². The molecule has 2 nitrogen and oxygen atoms in total. The van der Waals surface area contributed by atoms with E-state index >= 15 is 0 Å². The van der Waals surface area contributed by atoms with E-state index in [4.69, 9.17) is 4.74 Å². The van der Waals surface area contributed by atoms with Gasteiger partial charge in [0, 0.05) is 34.3 Å². The van der Waals surface area contributed by atoms with E-state index < -0.39 is 0 Å². The lowest BCUT2D eigenvalue weighted by Gasteiger charge is -2.20. The lowest BCUT2D eigenvalue weighted by molar-refractivity contribution is 0.301. The third-order valence-electron chi connectivity index (χ3n) is 3.83. The molecule has 0 saturated heterocycles. The highest BCUT2D eigenvalue weighted by atomic mass is 32.1. The number of hydrogen-bond acceptors (Lipinski definition) is 2. The average Bonchev–Trinajstić information content (AvgIpc) is 3.13. The predicted molar refractivity (Wildman–Crippen MR) is 83.2 cm³/mol. The largest absolute Gasteiger partial charge is 0.488 e. The highest BCUT2D eigenvalue weighted by molar-refractivity contribution is 7.08. The van der Waals surface area contributed by atoms with Crippen LogP contribution in [0.15, 0.2) is 47.2 Å². The molecule has 0 fully saturated rings. The van der Waals surface area contributed by atoms with Crippen LogP contribution in [0.5, 0.6) is 5.75 Å². The van der Waals surface area contributed by atoms with E-state index in [9.17, 15) is 0 Å². The van der Waals surface area contributed by atoms with Gasteiger partial charge in [0.2, 0.25) is 0 Å². The van der Waals surface area contributed by atoms with Crippen LogP contribution in [0.2, 0.25) is 0 Å². The van der Waals surface area contributed by atoms with Gasteiger partial charge in [-0.25, -0.2) is 0 Å². The monoisotopic (exact) mass is 281 g/mol. The molecule has 1 aliphatic heterocycles. The number of thiophene rings is 1. The maximum absolute atomic E-state index is 5.87. The summed E-state index contributed by atoms with van der Waals surface area (Å²) in [5.74, 6) is 0.990. The Hall–Kier alpha value is -2.00. The molecule has 2 aromatic heterocycles. The number of hydrogen-bond donors (Lipinski definition) is 0. The zero-order valence-electron chi connectivity index (χ0n) is 11.3. The zero-order valence-corrected chi connectivity index (χ0v) is 12.1. The van der Waals surface area contributed by atoms with Crippen LogP contribution < -0.4 is 4.74 Å². The van der Waals surface area contributed by atoms with E-state index in [0.29, 0.717) is 6.61 Å². The van der Waals surface area contributed by atoms with Crippen LogP contribution in [-0.2, 0) is 13.2 Å². The number of nitrogens with zero attached hydrogens (tertiary/aromatic N) is 1. The van der Waals surface area contributed by atoms with Crippen molar-refractivity contribution in [3.8, 4) is 28.3 Å². The summed E-state index contributed by atoms with van der Waals surface area (Å²) >= 11 is 1.74. The van der Waals surface area contributed by atoms with Crippen LogP contribution in [0.1, 0.15) is 12.5 Å². The molecule has 0 saturated carbocycles. The van der Waals surface area contributed by atoms with Gasteiger partial charge >= 0.3 is 0 Å². The molecule has 0 bridgehead atoms. The van der Waals surface area contributed by atoms with Crippen molar-refractivity contribution in [1.29, 1.82) is 0 Å². The Kier molecular flexibility index (Phi) is 2.67. The van der Waals surface area contributed by atoms with Crippen molar-refractivity contribution in [3.05, 3.63) is 52.7 Å². The van der Waals surface area contributed by atoms with E-state index in [-0.39, 0.29) is 0 Å². The fourth-order valence-corrected chi connectivity index (χ4v) is 3.60. The Morgan fingerprint density at radius 3 is 2.95 bits per heavy atom. The second-order valence-corrected chi connectivity index (χ2v) is 5.72. The molecule has 0 unspecified atom stereocenters. The lowest BCUT2D eigenvalue weighted by atomic mass is 10.0. The zero-order chi connectivity index (χ0) is 13.5. The van der Waals surface area contributed by atoms with Crippen LogP contribution >= 0.6 is 11.3 Å². The van der Waals surface area contributed by atoms with Crippen molar-refractivity contribution in [2.24, 2.45) is 0 Å². The van der Waals surface area contributed by atoms with Gasteiger partial charge in [-0.3, -0.25) is 0 Å². The summed E-state index contributed by atoms with van der Waals surface area (Å²) < 4.78 is 8.27. The second-order valence-electron chi connectivity index (χ2n) is 4.94. The van der Waals surface area contributed by atoms with Crippen LogP contribution in [-0.4, -0.2) is 4.57 Å². The minimum Gasteiger partial charge on any atom is -0.488 e. The van der Waals surface area contributed by atoms with Gasteiger partial charge in [-0.15, -0.1) is 0 Å². The van der Waals surface area contributed by atoms with Gasteiger partial charge in [0.05, 0.1) is 5.69 Å². The summed E-state index contributed by atoms with van der Waals surface area (Å²) in [5.41, 5.74) is 6.39. The van der Waals surface area contributed by atoms with E-state index in [1.807, 2.05) is 6.07 Å². The van der Waals surface area contributed by atoms with Crippen LogP contribution in [0.4, 0.5) is 0 Å². The molecule has 0 spiro atoms. The Morgan fingerprint density at radius 2 is 2.15 bits per heavy atom. The number of benzene rings is 1. The molecular formula is C17H15NOS. The summed E-state index contributed by atoms with van der Waals surface area (Å²) in [7, 11) is 0. The minimum absolute atomic E-state index is 0.663. The van der Waals surface area contributed by atoms with E-state index in [1.165, 1.54) is 28.1 Å².